The van der Waals surface area contributed by atoms with Crippen molar-refractivity contribution in [2.24, 2.45) is 0 Å². The Morgan fingerprint density at radius 2 is 2.08 bits per heavy atom. The molecular formula is C17H13N5S2. The van der Waals surface area contributed by atoms with Gasteiger partial charge in [-0.2, -0.15) is 0 Å². The number of anilines is 1. The minimum Gasteiger partial charge on any atom is -0.346 e. The minimum atomic E-state index is 0.924. The third kappa shape index (κ3) is 2.20. The summed E-state index contributed by atoms with van der Waals surface area (Å²) >= 11 is 3.53. The fourth-order valence-electron chi connectivity index (χ4n) is 2.99. The maximum Gasteiger partial charge on any atom is 0.144 e. The van der Waals surface area contributed by atoms with E-state index in [9.17, 15) is 0 Å². The predicted octanol–water partition coefficient (Wildman–Crippen LogP) is 4.12. The van der Waals surface area contributed by atoms with E-state index >= 15 is 0 Å². The quantitative estimate of drug-likeness (QED) is 0.589. The maximum atomic E-state index is 4.53. The first kappa shape index (κ1) is 14.0. The molecule has 1 aliphatic heterocycles. The second-order valence-electron chi connectivity index (χ2n) is 5.47. The van der Waals surface area contributed by atoms with E-state index in [1.165, 1.54) is 10.5 Å². The van der Waals surface area contributed by atoms with Crippen molar-refractivity contribution in [3.8, 4) is 0 Å². The van der Waals surface area contributed by atoms with Crippen molar-refractivity contribution in [3.05, 3.63) is 54.1 Å². The lowest BCUT2D eigenvalue weighted by Gasteiger charge is -2.26. The first-order valence-electron chi connectivity index (χ1n) is 7.62. The summed E-state index contributed by atoms with van der Waals surface area (Å²) in [5, 5.41) is 4.34. The second-order valence-corrected chi connectivity index (χ2v) is 7.50. The van der Waals surface area contributed by atoms with Gasteiger partial charge >= 0.3 is 0 Å². The molecule has 0 unspecified atom stereocenters. The fraction of sp³-hybridized carbons (Fsp3) is 0.118. The molecule has 0 amide bonds. The number of aromatic nitrogens is 4. The van der Waals surface area contributed by atoms with E-state index < -0.39 is 0 Å². The van der Waals surface area contributed by atoms with Crippen LogP contribution in [0.25, 0.3) is 26.2 Å². The summed E-state index contributed by atoms with van der Waals surface area (Å²) in [6.45, 7) is 0.942. The van der Waals surface area contributed by atoms with Crippen molar-refractivity contribution in [2.45, 2.75) is 0 Å². The molecule has 24 heavy (non-hydrogen) atoms. The molecule has 0 aromatic carbocycles. The lowest BCUT2D eigenvalue weighted by atomic mass is 10.2. The number of aromatic amines is 1. The van der Waals surface area contributed by atoms with Crippen LogP contribution < -0.4 is 4.90 Å². The Balaban J connectivity index is 1.63. The predicted molar refractivity (Wildman–Crippen MR) is 101 cm³/mol. The third-order valence-electron chi connectivity index (χ3n) is 4.10. The van der Waals surface area contributed by atoms with Crippen LogP contribution in [-0.4, -0.2) is 32.2 Å². The van der Waals surface area contributed by atoms with Crippen molar-refractivity contribution in [2.75, 3.05) is 17.2 Å². The van der Waals surface area contributed by atoms with Crippen LogP contribution >= 0.6 is 23.1 Å². The topological polar surface area (TPSA) is 57.7 Å². The number of H-pyrrole nitrogens is 1. The summed E-state index contributed by atoms with van der Waals surface area (Å²) in [7, 11) is 0. The van der Waals surface area contributed by atoms with Crippen LogP contribution in [0.1, 0.15) is 5.56 Å². The molecule has 4 aromatic rings. The van der Waals surface area contributed by atoms with E-state index in [4.69, 9.17) is 0 Å². The van der Waals surface area contributed by atoms with Gasteiger partial charge in [0, 0.05) is 46.7 Å². The van der Waals surface area contributed by atoms with Gasteiger partial charge in [0.05, 0.1) is 5.39 Å². The Labute approximate surface area is 146 Å². The molecule has 5 nitrogen and oxygen atoms in total. The van der Waals surface area contributed by atoms with Gasteiger partial charge in [0.25, 0.3) is 0 Å². The fourth-order valence-corrected chi connectivity index (χ4v) is 4.76. The van der Waals surface area contributed by atoms with Crippen LogP contribution in [0.4, 0.5) is 5.82 Å². The van der Waals surface area contributed by atoms with Crippen molar-refractivity contribution >= 4 is 55.1 Å². The molecule has 0 saturated carbocycles. The van der Waals surface area contributed by atoms with E-state index in [0.29, 0.717) is 0 Å². The van der Waals surface area contributed by atoms with Gasteiger partial charge in [-0.1, -0.05) is 0 Å². The zero-order valence-electron chi connectivity index (χ0n) is 12.6. The van der Waals surface area contributed by atoms with E-state index in [1.54, 1.807) is 17.7 Å². The molecule has 0 aliphatic carbocycles. The molecule has 7 heteroatoms. The highest BCUT2D eigenvalue weighted by Crippen LogP contribution is 2.37. The Morgan fingerprint density at radius 3 is 3.08 bits per heavy atom. The van der Waals surface area contributed by atoms with E-state index in [0.717, 1.165) is 39.4 Å². The van der Waals surface area contributed by atoms with E-state index in [2.05, 4.69) is 54.6 Å². The molecule has 5 rings (SSSR count). The lowest BCUT2D eigenvalue weighted by molar-refractivity contribution is 0.990. The third-order valence-corrected chi connectivity index (χ3v) is 5.95. The van der Waals surface area contributed by atoms with Crippen molar-refractivity contribution < 1.29 is 0 Å². The van der Waals surface area contributed by atoms with Gasteiger partial charge in [0.1, 0.15) is 22.6 Å². The molecule has 0 fully saturated rings. The molecule has 0 spiro atoms. The smallest absolute Gasteiger partial charge is 0.144 e. The van der Waals surface area contributed by atoms with E-state index in [-0.39, 0.29) is 0 Å². The monoisotopic (exact) mass is 351 g/mol. The van der Waals surface area contributed by atoms with Crippen LogP contribution in [0.5, 0.6) is 0 Å². The summed E-state index contributed by atoms with van der Waals surface area (Å²) in [5.41, 5.74) is 2.14. The number of hydrogen-bond donors (Lipinski definition) is 1. The molecule has 118 valence electrons. The van der Waals surface area contributed by atoms with Gasteiger partial charge in [-0.3, -0.25) is 0 Å². The number of thiophene rings is 1. The summed E-state index contributed by atoms with van der Waals surface area (Å²) in [6, 6.07) is 6.26. The highest BCUT2D eigenvalue weighted by molar-refractivity contribution is 8.08. The highest BCUT2D eigenvalue weighted by Gasteiger charge is 2.19. The van der Waals surface area contributed by atoms with Gasteiger partial charge in [0.15, 0.2) is 0 Å². The summed E-state index contributed by atoms with van der Waals surface area (Å²) in [6.07, 6.45) is 7.65. The summed E-state index contributed by atoms with van der Waals surface area (Å²) in [5.74, 6) is 2.01. The first-order chi connectivity index (χ1) is 11.9. The van der Waals surface area contributed by atoms with Crippen LogP contribution in [0.3, 0.4) is 0 Å². The molecule has 5 heterocycles. The average Bonchev–Trinajstić information content (AvgIpc) is 3.30. The number of hydrogen-bond acceptors (Lipinski definition) is 6. The number of fused-ring (bicyclic) bond motifs is 2. The lowest BCUT2D eigenvalue weighted by Crippen LogP contribution is -2.24. The highest BCUT2D eigenvalue weighted by atomic mass is 32.2. The van der Waals surface area contributed by atoms with Gasteiger partial charge < -0.3 is 9.88 Å². The molecule has 4 aromatic heterocycles. The van der Waals surface area contributed by atoms with Gasteiger partial charge in [-0.05, 0) is 23.6 Å². The largest absolute Gasteiger partial charge is 0.346 e. The van der Waals surface area contributed by atoms with Crippen molar-refractivity contribution in [1.82, 2.24) is 19.9 Å². The Morgan fingerprint density at radius 1 is 1.08 bits per heavy atom. The summed E-state index contributed by atoms with van der Waals surface area (Å²) < 4.78 is 0. The zero-order chi connectivity index (χ0) is 15.9. The Kier molecular flexibility index (Phi) is 3.27. The number of thioether (sulfide) groups is 1. The van der Waals surface area contributed by atoms with Crippen LogP contribution in [0, 0.1) is 0 Å². The molecule has 0 atom stereocenters. The second kappa shape index (κ2) is 5.61. The molecule has 1 N–H and O–H groups in total. The van der Waals surface area contributed by atoms with Gasteiger partial charge in [-0.15, -0.1) is 23.1 Å². The normalized spacial score (nSPS) is 15.2. The zero-order valence-corrected chi connectivity index (χ0v) is 14.3. The number of rotatable bonds is 2. The standard InChI is InChI=1S/C17H13N5S2/c1-4-18-15-12(2-5-19-15)11(1)14-9-22(6-8-23-14)16-13-3-7-24-17(13)21-10-20-16/h1-5,7,9-10H,6,8H2,(H,18,19). The Hall–Kier alpha value is -2.38. The van der Waals surface area contributed by atoms with Crippen molar-refractivity contribution in [3.63, 3.8) is 0 Å². The molecule has 1 aliphatic rings. The van der Waals surface area contributed by atoms with Crippen LogP contribution in [0.2, 0.25) is 0 Å². The molecule has 0 bridgehead atoms. The minimum absolute atomic E-state index is 0.924. The Bertz CT molecular complexity index is 1060. The SMILES string of the molecule is C1=C(c2ccnc3[nH]ccc23)SCCN1c1ncnc2sccc12. The number of nitrogens with one attached hydrogen (secondary N) is 1. The average molecular weight is 351 g/mol. The first-order valence-corrected chi connectivity index (χ1v) is 9.48. The van der Waals surface area contributed by atoms with Crippen LogP contribution in [-0.2, 0) is 0 Å². The maximum absolute atomic E-state index is 4.53. The summed E-state index contributed by atoms with van der Waals surface area (Å²) in [4.78, 5) is 21.0. The number of pyridine rings is 1. The molecule has 0 saturated heterocycles. The van der Waals surface area contributed by atoms with Crippen molar-refractivity contribution in [1.29, 1.82) is 0 Å². The molecule has 0 radical (unpaired) electrons. The molecular weight excluding hydrogens is 338 g/mol. The van der Waals surface area contributed by atoms with Gasteiger partial charge in [-0.25, -0.2) is 15.0 Å². The number of nitrogens with zero attached hydrogens (tertiary/aromatic N) is 4. The van der Waals surface area contributed by atoms with Gasteiger partial charge in [0.2, 0.25) is 0 Å². The van der Waals surface area contributed by atoms with E-state index in [1.807, 2.05) is 24.2 Å². The van der Waals surface area contributed by atoms with Crippen LogP contribution in [0.15, 0.2) is 48.5 Å².